The van der Waals surface area contributed by atoms with Crippen LogP contribution in [0.3, 0.4) is 0 Å². The lowest BCUT2D eigenvalue weighted by Gasteiger charge is -2.29. The number of carbonyl (C=O) groups excluding carboxylic acids is 1. The van der Waals surface area contributed by atoms with Gasteiger partial charge in [-0.1, -0.05) is 12.1 Å². The summed E-state index contributed by atoms with van der Waals surface area (Å²) in [5.41, 5.74) is 7.12. The molecule has 1 heterocycles. The zero-order chi connectivity index (χ0) is 11.5. The van der Waals surface area contributed by atoms with E-state index in [4.69, 9.17) is 5.73 Å². The van der Waals surface area contributed by atoms with Crippen molar-refractivity contribution in [2.24, 2.45) is 5.73 Å². The minimum atomic E-state index is -0.0304. The molecule has 0 aromatic heterocycles. The van der Waals surface area contributed by atoms with Crippen LogP contribution < -0.4 is 11.1 Å². The molecule has 1 aliphatic rings. The van der Waals surface area contributed by atoms with Crippen molar-refractivity contribution in [1.29, 1.82) is 0 Å². The highest BCUT2D eigenvalue weighted by Crippen LogP contribution is 2.24. The number of amides is 1. The molecule has 0 aliphatic carbocycles. The molecule has 1 aromatic carbocycles. The largest absolute Gasteiger partial charge is 0.348 e. The van der Waals surface area contributed by atoms with E-state index >= 15 is 0 Å². The number of thioether (sulfide) groups is 1. The number of rotatable bonds is 2. The van der Waals surface area contributed by atoms with E-state index in [1.54, 1.807) is 11.8 Å². The quantitative estimate of drug-likeness (QED) is 0.768. The molecule has 2 atom stereocenters. The Balaban J connectivity index is 2.18. The van der Waals surface area contributed by atoms with Crippen molar-refractivity contribution in [2.75, 3.05) is 6.26 Å². The summed E-state index contributed by atoms with van der Waals surface area (Å²) in [6.45, 7) is 0. The molecule has 1 amide bonds. The van der Waals surface area contributed by atoms with Crippen LogP contribution in [0, 0.1) is 0 Å². The van der Waals surface area contributed by atoms with Crippen LogP contribution >= 0.6 is 11.8 Å². The summed E-state index contributed by atoms with van der Waals surface area (Å²) in [7, 11) is 0. The van der Waals surface area contributed by atoms with Crippen LogP contribution in [-0.2, 0) is 4.79 Å². The number of nitrogens with two attached hydrogens (primary N) is 1. The Morgan fingerprint density at radius 2 is 2.06 bits per heavy atom. The zero-order valence-electron chi connectivity index (χ0n) is 9.27. The number of benzene rings is 1. The summed E-state index contributed by atoms with van der Waals surface area (Å²) >= 11 is 1.71. The second kappa shape index (κ2) is 4.89. The average Bonchev–Trinajstić information content (AvgIpc) is 2.32. The summed E-state index contributed by atoms with van der Waals surface area (Å²) in [4.78, 5) is 12.6. The second-order valence-electron chi connectivity index (χ2n) is 4.02. The molecule has 4 heteroatoms. The maximum atomic E-state index is 11.3. The lowest BCUT2D eigenvalue weighted by Crippen LogP contribution is -2.45. The van der Waals surface area contributed by atoms with Gasteiger partial charge in [0, 0.05) is 17.4 Å². The Labute approximate surface area is 99.8 Å². The van der Waals surface area contributed by atoms with Gasteiger partial charge in [0.2, 0.25) is 5.91 Å². The molecule has 0 spiro atoms. The topological polar surface area (TPSA) is 55.1 Å². The molecule has 3 N–H and O–H groups in total. The first-order chi connectivity index (χ1) is 7.70. The Hall–Kier alpha value is -1.00. The van der Waals surface area contributed by atoms with E-state index in [0.717, 1.165) is 12.0 Å². The van der Waals surface area contributed by atoms with Gasteiger partial charge in [-0.3, -0.25) is 4.79 Å². The van der Waals surface area contributed by atoms with Crippen molar-refractivity contribution in [3.05, 3.63) is 29.8 Å². The zero-order valence-corrected chi connectivity index (χ0v) is 10.1. The normalized spacial score (nSPS) is 25.2. The van der Waals surface area contributed by atoms with E-state index in [-0.39, 0.29) is 18.0 Å². The summed E-state index contributed by atoms with van der Waals surface area (Å²) in [5.74, 6) is 0.0978. The van der Waals surface area contributed by atoms with Crippen LogP contribution in [0.15, 0.2) is 29.2 Å². The summed E-state index contributed by atoms with van der Waals surface area (Å²) in [5, 5.41) is 2.95. The van der Waals surface area contributed by atoms with Gasteiger partial charge in [-0.15, -0.1) is 11.8 Å². The van der Waals surface area contributed by atoms with Crippen LogP contribution in [0.25, 0.3) is 0 Å². The molecular weight excluding hydrogens is 220 g/mol. The van der Waals surface area contributed by atoms with E-state index in [2.05, 4.69) is 17.4 Å². The highest BCUT2D eigenvalue weighted by Gasteiger charge is 2.26. The Kier molecular flexibility index (Phi) is 3.51. The number of carbonyl (C=O) groups is 1. The first-order valence-electron chi connectivity index (χ1n) is 5.39. The lowest BCUT2D eigenvalue weighted by molar-refractivity contribution is -0.123. The van der Waals surface area contributed by atoms with E-state index in [0.29, 0.717) is 6.42 Å². The smallest absolute Gasteiger partial charge is 0.220 e. The molecule has 0 saturated carbocycles. The van der Waals surface area contributed by atoms with Gasteiger partial charge >= 0.3 is 0 Å². The van der Waals surface area contributed by atoms with Crippen LogP contribution in [0.5, 0.6) is 0 Å². The highest BCUT2D eigenvalue weighted by molar-refractivity contribution is 7.98. The third kappa shape index (κ3) is 2.39. The van der Waals surface area contributed by atoms with Gasteiger partial charge in [-0.05, 0) is 30.4 Å². The SMILES string of the molecule is CSc1ccc(C2NC(=O)CCC2N)cc1. The fraction of sp³-hybridized carbons (Fsp3) is 0.417. The van der Waals surface area contributed by atoms with Gasteiger partial charge in [0.15, 0.2) is 0 Å². The Morgan fingerprint density at radius 3 is 2.69 bits per heavy atom. The van der Waals surface area contributed by atoms with Crippen molar-refractivity contribution in [3.8, 4) is 0 Å². The molecule has 3 nitrogen and oxygen atoms in total. The molecule has 1 aliphatic heterocycles. The minimum Gasteiger partial charge on any atom is -0.348 e. The van der Waals surface area contributed by atoms with Crippen LogP contribution in [0.2, 0.25) is 0 Å². The van der Waals surface area contributed by atoms with Crippen LogP contribution in [0.4, 0.5) is 0 Å². The molecule has 2 rings (SSSR count). The average molecular weight is 236 g/mol. The maximum Gasteiger partial charge on any atom is 0.220 e. The third-order valence-electron chi connectivity index (χ3n) is 2.92. The fourth-order valence-corrected chi connectivity index (χ4v) is 2.37. The standard InChI is InChI=1S/C12H16N2OS/c1-16-9-4-2-8(3-5-9)12-10(13)6-7-11(15)14-12/h2-5,10,12H,6-7,13H2,1H3,(H,14,15). The lowest BCUT2D eigenvalue weighted by atomic mass is 9.93. The third-order valence-corrected chi connectivity index (χ3v) is 3.67. The molecular formula is C12H16N2OS. The van der Waals surface area contributed by atoms with E-state index < -0.39 is 0 Å². The van der Waals surface area contributed by atoms with Gasteiger partial charge in [0.1, 0.15) is 0 Å². The van der Waals surface area contributed by atoms with Gasteiger partial charge < -0.3 is 11.1 Å². The second-order valence-corrected chi connectivity index (χ2v) is 4.90. The summed E-state index contributed by atoms with van der Waals surface area (Å²) in [6, 6.07) is 8.21. The Bertz CT molecular complexity index is 377. The van der Waals surface area contributed by atoms with Gasteiger partial charge in [0.25, 0.3) is 0 Å². The summed E-state index contributed by atoms with van der Waals surface area (Å²) < 4.78 is 0. The molecule has 0 bridgehead atoms. The molecule has 0 radical (unpaired) electrons. The van der Waals surface area contributed by atoms with E-state index in [1.807, 2.05) is 18.4 Å². The molecule has 1 fully saturated rings. The Morgan fingerprint density at radius 1 is 1.38 bits per heavy atom. The molecule has 16 heavy (non-hydrogen) atoms. The number of nitrogens with one attached hydrogen (secondary N) is 1. The predicted octanol–water partition coefficient (Wildman–Crippen LogP) is 1.69. The van der Waals surface area contributed by atoms with Crippen LogP contribution in [0.1, 0.15) is 24.4 Å². The monoisotopic (exact) mass is 236 g/mol. The maximum absolute atomic E-state index is 11.3. The van der Waals surface area contributed by atoms with Crippen molar-refractivity contribution in [3.63, 3.8) is 0 Å². The first kappa shape index (κ1) is 11.5. The molecule has 86 valence electrons. The highest BCUT2D eigenvalue weighted by atomic mass is 32.2. The van der Waals surface area contributed by atoms with Crippen molar-refractivity contribution >= 4 is 17.7 Å². The summed E-state index contributed by atoms with van der Waals surface area (Å²) in [6.07, 6.45) is 3.35. The molecule has 1 aromatic rings. The van der Waals surface area contributed by atoms with Crippen molar-refractivity contribution < 1.29 is 4.79 Å². The number of piperidine rings is 1. The van der Waals surface area contributed by atoms with Crippen molar-refractivity contribution in [1.82, 2.24) is 5.32 Å². The minimum absolute atomic E-state index is 0.0258. The first-order valence-corrected chi connectivity index (χ1v) is 6.62. The fourth-order valence-electron chi connectivity index (χ4n) is 1.96. The number of hydrogen-bond acceptors (Lipinski definition) is 3. The van der Waals surface area contributed by atoms with Gasteiger partial charge in [0.05, 0.1) is 6.04 Å². The number of hydrogen-bond donors (Lipinski definition) is 2. The molecule has 2 unspecified atom stereocenters. The van der Waals surface area contributed by atoms with Gasteiger partial charge in [-0.25, -0.2) is 0 Å². The van der Waals surface area contributed by atoms with E-state index in [9.17, 15) is 4.79 Å². The predicted molar refractivity (Wildman–Crippen MR) is 66.3 cm³/mol. The van der Waals surface area contributed by atoms with E-state index in [1.165, 1.54) is 4.90 Å². The van der Waals surface area contributed by atoms with Crippen LogP contribution in [-0.4, -0.2) is 18.2 Å². The van der Waals surface area contributed by atoms with Crippen molar-refractivity contribution in [2.45, 2.75) is 29.8 Å². The van der Waals surface area contributed by atoms with Gasteiger partial charge in [-0.2, -0.15) is 0 Å². The molecule has 1 saturated heterocycles.